The second-order valence-corrected chi connectivity index (χ2v) is 7.41. The van der Waals surface area contributed by atoms with Crippen LogP contribution in [0.4, 0.5) is 5.69 Å². The minimum absolute atomic E-state index is 0.0205. The number of nitro benzene ring substituents is 1. The molecule has 0 aliphatic heterocycles. The number of hydrogen-bond acceptors (Lipinski definition) is 6. The number of furan rings is 1. The normalized spacial score (nSPS) is 11.3. The van der Waals surface area contributed by atoms with Gasteiger partial charge in [-0.1, -0.05) is 36.4 Å². The first-order valence-electron chi connectivity index (χ1n) is 9.03. The van der Waals surface area contributed by atoms with Gasteiger partial charge in [0.15, 0.2) is 0 Å². The molecule has 0 saturated carbocycles. The fraction of sp³-hybridized carbons (Fsp3) is 0.0435. The zero-order chi connectivity index (χ0) is 21.1. The lowest BCUT2D eigenvalue weighted by atomic mass is 10.1. The van der Waals surface area contributed by atoms with Crippen molar-refractivity contribution in [3.05, 3.63) is 92.5 Å². The van der Waals surface area contributed by atoms with Crippen molar-refractivity contribution in [3.8, 4) is 28.7 Å². The summed E-state index contributed by atoms with van der Waals surface area (Å²) in [5.74, 6) is 0.794. The summed E-state index contributed by atoms with van der Waals surface area (Å²) in [5, 5.41) is 23.5. The lowest BCUT2D eigenvalue weighted by Gasteiger charge is -2.01. The van der Waals surface area contributed by atoms with Crippen LogP contribution < -0.4 is 0 Å². The van der Waals surface area contributed by atoms with Gasteiger partial charge >= 0.3 is 0 Å². The van der Waals surface area contributed by atoms with Crippen LogP contribution in [0, 0.1) is 28.4 Å². The smallest absolute Gasteiger partial charge is 0.280 e. The largest absolute Gasteiger partial charge is 0.456 e. The molecule has 0 unspecified atom stereocenters. The SMILES string of the molecule is Cc1ccc(-c2ccc(C=C(C#N)c3nc(-c4ccccc4)cs3)o2)c([N+](=O)[O-])c1. The van der Waals surface area contributed by atoms with E-state index in [-0.39, 0.29) is 5.69 Å². The van der Waals surface area contributed by atoms with Crippen molar-refractivity contribution in [1.29, 1.82) is 5.26 Å². The Hall–Kier alpha value is -4.02. The Morgan fingerprint density at radius 3 is 2.73 bits per heavy atom. The second-order valence-electron chi connectivity index (χ2n) is 6.55. The van der Waals surface area contributed by atoms with Crippen LogP contribution in [0.1, 0.15) is 16.3 Å². The highest BCUT2D eigenvalue weighted by atomic mass is 32.1. The van der Waals surface area contributed by atoms with E-state index in [4.69, 9.17) is 4.42 Å². The van der Waals surface area contributed by atoms with Gasteiger partial charge in [-0.2, -0.15) is 5.26 Å². The van der Waals surface area contributed by atoms with E-state index in [1.807, 2.05) is 35.7 Å². The van der Waals surface area contributed by atoms with E-state index in [1.54, 1.807) is 37.3 Å². The number of benzene rings is 2. The molecule has 0 atom stereocenters. The lowest BCUT2D eigenvalue weighted by Crippen LogP contribution is -1.92. The third-order valence-electron chi connectivity index (χ3n) is 4.45. The molecule has 146 valence electrons. The molecule has 7 heteroatoms. The zero-order valence-electron chi connectivity index (χ0n) is 15.9. The molecule has 0 N–H and O–H groups in total. The first kappa shape index (κ1) is 19.3. The molecule has 2 aromatic carbocycles. The summed E-state index contributed by atoms with van der Waals surface area (Å²) in [6.45, 7) is 1.80. The van der Waals surface area contributed by atoms with Crippen LogP contribution in [0.25, 0.3) is 34.2 Å². The molecule has 2 heterocycles. The number of allylic oxidation sites excluding steroid dienone is 1. The maximum Gasteiger partial charge on any atom is 0.280 e. The van der Waals surface area contributed by atoms with Gasteiger partial charge in [0.05, 0.1) is 21.8 Å². The molecule has 6 nitrogen and oxygen atoms in total. The van der Waals surface area contributed by atoms with Crippen molar-refractivity contribution >= 4 is 28.7 Å². The Kier molecular flexibility index (Phi) is 5.24. The van der Waals surface area contributed by atoms with Crippen molar-refractivity contribution in [1.82, 2.24) is 4.98 Å². The highest BCUT2D eigenvalue weighted by Crippen LogP contribution is 2.33. The predicted molar refractivity (Wildman–Crippen MR) is 117 cm³/mol. The summed E-state index contributed by atoms with van der Waals surface area (Å²) in [4.78, 5) is 15.5. The zero-order valence-corrected chi connectivity index (χ0v) is 16.7. The van der Waals surface area contributed by atoms with Crippen molar-refractivity contribution < 1.29 is 9.34 Å². The Bertz CT molecular complexity index is 1300. The minimum atomic E-state index is -0.429. The summed E-state index contributed by atoms with van der Waals surface area (Å²) in [6.07, 6.45) is 1.59. The number of nitrogens with zero attached hydrogens (tertiary/aromatic N) is 3. The van der Waals surface area contributed by atoms with Gasteiger partial charge < -0.3 is 4.42 Å². The van der Waals surface area contributed by atoms with Gasteiger partial charge in [-0.15, -0.1) is 11.3 Å². The average molecular weight is 413 g/mol. The molecule has 0 aliphatic carbocycles. The van der Waals surface area contributed by atoms with E-state index >= 15 is 0 Å². The van der Waals surface area contributed by atoms with Gasteiger partial charge in [-0.05, 0) is 30.7 Å². The maximum atomic E-state index is 11.4. The highest BCUT2D eigenvalue weighted by molar-refractivity contribution is 7.11. The number of aryl methyl sites for hydroxylation is 1. The van der Waals surface area contributed by atoms with Crippen molar-refractivity contribution in [2.45, 2.75) is 6.92 Å². The van der Waals surface area contributed by atoms with Crippen LogP contribution in [0.3, 0.4) is 0 Å². The third-order valence-corrected chi connectivity index (χ3v) is 5.33. The number of nitriles is 1. The van der Waals surface area contributed by atoms with Crippen LogP contribution in [-0.4, -0.2) is 9.91 Å². The monoisotopic (exact) mass is 413 g/mol. The van der Waals surface area contributed by atoms with Gasteiger partial charge in [0, 0.05) is 23.1 Å². The number of aromatic nitrogens is 1. The number of rotatable bonds is 5. The summed E-state index contributed by atoms with van der Waals surface area (Å²) >= 11 is 1.37. The van der Waals surface area contributed by atoms with Gasteiger partial charge in [-0.25, -0.2) is 4.98 Å². The van der Waals surface area contributed by atoms with Crippen molar-refractivity contribution in [3.63, 3.8) is 0 Å². The molecule has 0 spiro atoms. The molecule has 0 amide bonds. The van der Waals surface area contributed by atoms with Gasteiger partial charge in [0.1, 0.15) is 22.6 Å². The fourth-order valence-corrected chi connectivity index (χ4v) is 3.79. The topological polar surface area (TPSA) is 93.0 Å². The number of hydrogen-bond donors (Lipinski definition) is 0. The van der Waals surface area contributed by atoms with E-state index in [1.165, 1.54) is 17.4 Å². The number of thiazole rings is 1. The van der Waals surface area contributed by atoms with E-state index < -0.39 is 4.92 Å². The Balaban J connectivity index is 1.66. The highest BCUT2D eigenvalue weighted by Gasteiger charge is 2.18. The molecule has 2 aromatic heterocycles. The van der Waals surface area contributed by atoms with Crippen LogP contribution in [-0.2, 0) is 0 Å². The van der Waals surface area contributed by atoms with Crippen LogP contribution in [0.2, 0.25) is 0 Å². The molecule has 4 rings (SSSR count). The molecular weight excluding hydrogens is 398 g/mol. The van der Waals surface area contributed by atoms with Crippen molar-refractivity contribution in [2.75, 3.05) is 0 Å². The van der Waals surface area contributed by atoms with E-state index in [2.05, 4.69) is 11.1 Å². The van der Waals surface area contributed by atoms with E-state index in [0.717, 1.165) is 16.8 Å². The Morgan fingerprint density at radius 1 is 1.20 bits per heavy atom. The third kappa shape index (κ3) is 3.90. The maximum absolute atomic E-state index is 11.4. The molecule has 0 radical (unpaired) electrons. The Morgan fingerprint density at radius 2 is 2.00 bits per heavy atom. The molecular formula is C23H15N3O3S. The Labute approximate surface area is 176 Å². The molecule has 0 bridgehead atoms. The summed E-state index contributed by atoms with van der Waals surface area (Å²) in [5.41, 5.74) is 3.30. The molecule has 0 saturated heterocycles. The molecule has 0 fully saturated rings. The van der Waals surface area contributed by atoms with E-state index in [9.17, 15) is 15.4 Å². The molecule has 4 aromatic rings. The quantitative estimate of drug-likeness (QED) is 0.216. The molecule has 30 heavy (non-hydrogen) atoms. The van der Waals surface area contributed by atoms with Gasteiger partial charge in [-0.3, -0.25) is 10.1 Å². The van der Waals surface area contributed by atoms with Crippen LogP contribution >= 0.6 is 11.3 Å². The minimum Gasteiger partial charge on any atom is -0.456 e. The summed E-state index contributed by atoms with van der Waals surface area (Å²) in [6, 6.07) is 20.2. The van der Waals surface area contributed by atoms with Crippen LogP contribution in [0.5, 0.6) is 0 Å². The predicted octanol–water partition coefficient (Wildman–Crippen LogP) is 6.35. The lowest BCUT2D eigenvalue weighted by molar-refractivity contribution is -0.384. The van der Waals surface area contributed by atoms with Crippen molar-refractivity contribution in [2.24, 2.45) is 0 Å². The average Bonchev–Trinajstić information content (AvgIpc) is 3.42. The van der Waals surface area contributed by atoms with E-state index in [0.29, 0.717) is 27.7 Å². The standard InChI is InChI=1S/C23H15N3O3S/c1-15-7-9-19(21(11-15)26(27)28)22-10-8-18(29-22)12-17(13-24)23-25-20(14-30-23)16-5-3-2-4-6-16/h2-12,14H,1H3. The number of nitro groups is 1. The summed E-state index contributed by atoms with van der Waals surface area (Å²) < 4.78 is 5.79. The fourth-order valence-electron chi connectivity index (χ4n) is 3.00. The van der Waals surface area contributed by atoms with Crippen LogP contribution in [0.15, 0.2) is 70.5 Å². The first-order valence-corrected chi connectivity index (χ1v) is 9.91. The second kappa shape index (κ2) is 8.15. The summed E-state index contributed by atoms with van der Waals surface area (Å²) in [7, 11) is 0. The first-order chi connectivity index (χ1) is 14.5. The van der Waals surface area contributed by atoms with Gasteiger partial charge in [0.2, 0.25) is 0 Å². The molecule has 0 aliphatic rings. The van der Waals surface area contributed by atoms with Gasteiger partial charge in [0.25, 0.3) is 5.69 Å².